The predicted octanol–water partition coefficient (Wildman–Crippen LogP) is 4.26. The van der Waals surface area contributed by atoms with Crippen LogP contribution < -0.4 is 4.74 Å². The van der Waals surface area contributed by atoms with Crippen molar-refractivity contribution in [3.8, 4) is 5.75 Å². The molecule has 1 rings (SSSR count). The molecular weight excluding hydrogens is 238 g/mol. The van der Waals surface area contributed by atoms with E-state index in [4.69, 9.17) is 4.74 Å². The number of hydrogen-bond donors (Lipinski definition) is 1. The molecule has 0 aliphatic heterocycles. The second-order valence-corrected chi connectivity index (χ2v) is 5.02. The Kier molecular flexibility index (Phi) is 8.23. The lowest BCUT2D eigenvalue weighted by molar-refractivity contribution is 0.154. The van der Waals surface area contributed by atoms with Gasteiger partial charge >= 0.3 is 0 Å². The van der Waals surface area contributed by atoms with E-state index in [1.807, 2.05) is 12.1 Å². The van der Waals surface area contributed by atoms with E-state index in [1.165, 1.54) is 38.5 Å². The van der Waals surface area contributed by atoms with Crippen LogP contribution in [-0.2, 0) is 0 Å². The lowest BCUT2D eigenvalue weighted by Crippen LogP contribution is -2.03. The van der Waals surface area contributed by atoms with Gasteiger partial charge in [-0.05, 0) is 18.6 Å². The summed E-state index contributed by atoms with van der Waals surface area (Å²) in [5.41, 5.74) is 0.663. The van der Waals surface area contributed by atoms with E-state index >= 15 is 0 Å². The fourth-order valence-corrected chi connectivity index (χ4v) is 2.26. The van der Waals surface area contributed by atoms with Crippen molar-refractivity contribution in [1.82, 2.24) is 4.98 Å². The first-order chi connectivity index (χ1) is 9.29. The van der Waals surface area contributed by atoms with Crippen LogP contribution in [-0.4, -0.2) is 17.2 Å². The summed E-state index contributed by atoms with van der Waals surface area (Å²) in [5, 5.41) is 10.1. The zero-order valence-electron chi connectivity index (χ0n) is 12.3. The van der Waals surface area contributed by atoms with E-state index in [0.717, 1.165) is 12.8 Å². The van der Waals surface area contributed by atoms with E-state index < -0.39 is 6.10 Å². The Labute approximate surface area is 117 Å². The standard InChI is InChI=1S/C16H27NO2/c1-3-4-5-6-7-8-9-11-14(18)16-15(19-2)12-10-13-17-16/h10,12-14,18H,3-9,11H2,1-2H3. The summed E-state index contributed by atoms with van der Waals surface area (Å²) < 4.78 is 5.22. The van der Waals surface area contributed by atoms with Crippen molar-refractivity contribution in [2.24, 2.45) is 0 Å². The van der Waals surface area contributed by atoms with Gasteiger partial charge in [-0.1, -0.05) is 51.9 Å². The number of aliphatic hydroxyl groups excluding tert-OH is 1. The number of aromatic nitrogens is 1. The maximum absolute atomic E-state index is 10.1. The molecule has 0 saturated carbocycles. The molecule has 1 aromatic rings. The molecule has 0 fully saturated rings. The van der Waals surface area contributed by atoms with Gasteiger partial charge < -0.3 is 9.84 Å². The number of aliphatic hydroxyl groups is 1. The molecule has 1 N–H and O–H groups in total. The van der Waals surface area contributed by atoms with Gasteiger partial charge in [0.25, 0.3) is 0 Å². The molecule has 0 amide bonds. The first kappa shape index (κ1) is 16.0. The van der Waals surface area contributed by atoms with Crippen molar-refractivity contribution in [3.05, 3.63) is 24.0 Å². The largest absolute Gasteiger partial charge is 0.495 e. The first-order valence-corrected chi connectivity index (χ1v) is 7.46. The summed E-state index contributed by atoms with van der Waals surface area (Å²) in [4.78, 5) is 4.21. The van der Waals surface area contributed by atoms with Crippen molar-refractivity contribution in [1.29, 1.82) is 0 Å². The lowest BCUT2D eigenvalue weighted by atomic mass is 10.0. The third-order valence-corrected chi connectivity index (χ3v) is 3.42. The van der Waals surface area contributed by atoms with Crippen LogP contribution in [0.5, 0.6) is 5.75 Å². The van der Waals surface area contributed by atoms with Gasteiger partial charge in [0.1, 0.15) is 11.4 Å². The Morgan fingerprint density at radius 2 is 1.84 bits per heavy atom. The Balaban J connectivity index is 2.22. The molecule has 0 aromatic carbocycles. The zero-order chi connectivity index (χ0) is 13.9. The van der Waals surface area contributed by atoms with Crippen molar-refractivity contribution in [2.75, 3.05) is 7.11 Å². The summed E-state index contributed by atoms with van der Waals surface area (Å²) >= 11 is 0. The average Bonchev–Trinajstić information content (AvgIpc) is 2.46. The molecular formula is C16H27NO2. The van der Waals surface area contributed by atoms with Crippen molar-refractivity contribution in [3.63, 3.8) is 0 Å². The predicted molar refractivity (Wildman–Crippen MR) is 78.4 cm³/mol. The minimum Gasteiger partial charge on any atom is -0.495 e. The van der Waals surface area contributed by atoms with E-state index in [9.17, 15) is 5.11 Å². The number of pyridine rings is 1. The van der Waals surface area contributed by atoms with Gasteiger partial charge in [-0.15, -0.1) is 0 Å². The Morgan fingerprint density at radius 1 is 1.16 bits per heavy atom. The van der Waals surface area contributed by atoms with Gasteiger partial charge in [0.2, 0.25) is 0 Å². The van der Waals surface area contributed by atoms with Crippen LogP contribution >= 0.6 is 0 Å². The number of nitrogens with zero attached hydrogens (tertiary/aromatic N) is 1. The van der Waals surface area contributed by atoms with E-state index in [-0.39, 0.29) is 0 Å². The highest BCUT2D eigenvalue weighted by Crippen LogP contribution is 2.26. The molecule has 0 aliphatic carbocycles. The summed E-state index contributed by atoms with van der Waals surface area (Å²) in [7, 11) is 1.61. The van der Waals surface area contributed by atoms with Gasteiger partial charge in [0.15, 0.2) is 0 Å². The number of rotatable bonds is 10. The maximum atomic E-state index is 10.1. The smallest absolute Gasteiger partial charge is 0.143 e. The van der Waals surface area contributed by atoms with Crippen molar-refractivity contribution < 1.29 is 9.84 Å². The molecule has 0 aliphatic rings. The molecule has 1 heterocycles. The molecule has 1 aromatic heterocycles. The van der Waals surface area contributed by atoms with Crippen LogP contribution in [0.3, 0.4) is 0 Å². The number of unbranched alkanes of at least 4 members (excludes halogenated alkanes) is 6. The molecule has 0 saturated heterocycles. The fraction of sp³-hybridized carbons (Fsp3) is 0.688. The van der Waals surface area contributed by atoms with Crippen molar-refractivity contribution in [2.45, 2.75) is 64.4 Å². The van der Waals surface area contributed by atoms with Crippen molar-refractivity contribution >= 4 is 0 Å². The summed E-state index contributed by atoms with van der Waals surface area (Å²) in [6.45, 7) is 2.23. The minimum absolute atomic E-state index is 0.508. The van der Waals surface area contributed by atoms with Crippen LogP contribution in [0.1, 0.15) is 70.1 Å². The molecule has 3 nitrogen and oxygen atoms in total. The van der Waals surface area contributed by atoms with E-state index in [2.05, 4.69) is 11.9 Å². The van der Waals surface area contributed by atoms with Gasteiger partial charge in [-0.3, -0.25) is 4.98 Å². The monoisotopic (exact) mass is 265 g/mol. The summed E-state index contributed by atoms with van der Waals surface area (Å²) in [6.07, 6.45) is 10.8. The molecule has 1 atom stereocenters. The second kappa shape index (κ2) is 9.79. The fourth-order valence-electron chi connectivity index (χ4n) is 2.26. The Morgan fingerprint density at radius 3 is 2.53 bits per heavy atom. The molecule has 108 valence electrons. The Bertz CT molecular complexity index is 341. The maximum Gasteiger partial charge on any atom is 0.143 e. The Hall–Kier alpha value is -1.09. The van der Waals surface area contributed by atoms with Gasteiger partial charge in [-0.25, -0.2) is 0 Å². The minimum atomic E-state index is -0.508. The molecule has 0 bridgehead atoms. The molecule has 0 radical (unpaired) electrons. The van der Waals surface area contributed by atoms with Gasteiger partial charge in [-0.2, -0.15) is 0 Å². The SMILES string of the molecule is CCCCCCCCCC(O)c1ncccc1OC. The normalized spacial score (nSPS) is 12.4. The molecule has 19 heavy (non-hydrogen) atoms. The lowest BCUT2D eigenvalue weighted by Gasteiger charge is -2.13. The van der Waals surface area contributed by atoms with Crippen LogP contribution in [0, 0.1) is 0 Å². The number of hydrogen-bond acceptors (Lipinski definition) is 3. The quantitative estimate of drug-likeness (QED) is 0.643. The van der Waals surface area contributed by atoms with E-state index in [1.54, 1.807) is 13.3 Å². The van der Waals surface area contributed by atoms with E-state index in [0.29, 0.717) is 11.4 Å². The third kappa shape index (κ3) is 6.06. The molecule has 3 heteroatoms. The highest BCUT2D eigenvalue weighted by molar-refractivity contribution is 5.28. The first-order valence-electron chi connectivity index (χ1n) is 7.46. The average molecular weight is 265 g/mol. The van der Waals surface area contributed by atoms with Crippen LogP contribution in [0.15, 0.2) is 18.3 Å². The highest BCUT2D eigenvalue weighted by atomic mass is 16.5. The molecule has 1 unspecified atom stereocenters. The summed E-state index contributed by atoms with van der Waals surface area (Å²) in [6, 6.07) is 3.67. The second-order valence-electron chi connectivity index (χ2n) is 5.02. The zero-order valence-corrected chi connectivity index (χ0v) is 12.3. The van der Waals surface area contributed by atoms with Crippen LogP contribution in [0.4, 0.5) is 0 Å². The topological polar surface area (TPSA) is 42.4 Å². The highest BCUT2D eigenvalue weighted by Gasteiger charge is 2.13. The third-order valence-electron chi connectivity index (χ3n) is 3.42. The number of ether oxygens (including phenoxy) is 1. The summed E-state index contributed by atoms with van der Waals surface area (Å²) in [5.74, 6) is 0.679. The van der Waals surface area contributed by atoms with Crippen LogP contribution in [0.2, 0.25) is 0 Å². The van der Waals surface area contributed by atoms with Crippen LogP contribution in [0.25, 0.3) is 0 Å². The van der Waals surface area contributed by atoms with Gasteiger partial charge in [0.05, 0.1) is 13.2 Å². The van der Waals surface area contributed by atoms with Gasteiger partial charge in [0, 0.05) is 6.20 Å². The number of methoxy groups -OCH3 is 1. The molecule has 0 spiro atoms.